The maximum absolute atomic E-state index is 5.40. The van der Waals surface area contributed by atoms with Crippen molar-refractivity contribution in [2.45, 2.75) is 58.8 Å². The van der Waals surface area contributed by atoms with Gasteiger partial charge in [0.15, 0.2) is 5.65 Å². The van der Waals surface area contributed by atoms with Gasteiger partial charge < -0.3 is 9.64 Å². The summed E-state index contributed by atoms with van der Waals surface area (Å²) in [5.74, 6) is 3.05. The van der Waals surface area contributed by atoms with Gasteiger partial charge in [0.1, 0.15) is 11.6 Å². The summed E-state index contributed by atoms with van der Waals surface area (Å²) >= 11 is 0. The van der Waals surface area contributed by atoms with Crippen LogP contribution in [-0.2, 0) is 12.8 Å². The number of nitrogens with zero attached hydrogens (tertiary/aromatic N) is 4. The molecule has 1 aromatic carbocycles. The Labute approximate surface area is 179 Å². The monoisotopic (exact) mass is 404 g/mol. The van der Waals surface area contributed by atoms with Crippen molar-refractivity contribution in [3.05, 3.63) is 41.2 Å². The molecule has 0 amide bonds. The van der Waals surface area contributed by atoms with Gasteiger partial charge in [0.05, 0.1) is 13.3 Å². The van der Waals surface area contributed by atoms with E-state index in [0.717, 1.165) is 48.8 Å². The molecule has 5 rings (SSSR count). The van der Waals surface area contributed by atoms with Crippen molar-refractivity contribution in [1.82, 2.24) is 14.6 Å². The van der Waals surface area contributed by atoms with Crippen LogP contribution in [-0.4, -0.2) is 34.8 Å². The largest absolute Gasteiger partial charge is 0.497 e. The van der Waals surface area contributed by atoms with Gasteiger partial charge in [-0.25, -0.2) is 4.98 Å². The molecule has 0 N–H and O–H groups in total. The second-order valence-corrected chi connectivity index (χ2v) is 8.93. The molecular weight excluding hydrogens is 372 g/mol. The first-order valence-electron chi connectivity index (χ1n) is 11.5. The first-order valence-corrected chi connectivity index (χ1v) is 11.5. The van der Waals surface area contributed by atoms with E-state index in [4.69, 9.17) is 14.8 Å². The predicted octanol–water partition coefficient (Wildman–Crippen LogP) is 5.22. The topological polar surface area (TPSA) is 42.7 Å². The smallest absolute Gasteiger partial charge is 0.165 e. The van der Waals surface area contributed by atoms with Crippen LogP contribution in [0.2, 0.25) is 0 Å². The molecule has 3 aromatic rings. The van der Waals surface area contributed by atoms with E-state index in [1.165, 1.54) is 60.3 Å². The zero-order chi connectivity index (χ0) is 20.7. The minimum Gasteiger partial charge on any atom is -0.497 e. The average molecular weight is 405 g/mol. The third kappa shape index (κ3) is 3.44. The molecule has 0 bridgehead atoms. The minimum atomic E-state index is 0.848. The Bertz CT molecular complexity index is 1070. The first-order chi connectivity index (χ1) is 14.7. The van der Waals surface area contributed by atoms with E-state index in [2.05, 4.69) is 35.4 Å². The molecule has 1 saturated carbocycles. The Morgan fingerprint density at radius 2 is 2.07 bits per heavy atom. The minimum absolute atomic E-state index is 0.848. The van der Waals surface area contributed by atoms with E-state index in [1.807, 2.05) is 12.3 Å². The Balaban J connectivity index is 1.66. The van der Waals surface area contributed by atoms with Crippen LogP contribution >= 0.6 is 0 Å². The second kappa shape index (κ2) is 7.93. The Morgan fingerprint density at radius 3 is 2.80 bits per heavy atom. The van der Waals surface area contributed by atoms with Crippen molar-refractivity contribution in [3.63, 3.8) is 0 Å². The van der Waals surface area contributed by atoms with E-state index in [9.17, 15) is 0 Å². The number of anilines is 1. The van der Waals surface area contributed by atoms with Crippen LogP contribution in [0.4, 0.5) is 5.82 Å². The van der Waals surface area contributed by atoms with E-state index in [0.29, 0.717) is 0 Å². The third-order valence-electron chi connectivity index (χ3n) is 6.62. The van der Waals surface area contributed by atoms with Crippen molar-refractivity contribution in [3.8, 4) is 16.9 Å². The highest BCUT2D eigenvalue weighted by Gasteiger charge is 2.30. The quantitative estimate of drug-likeness (QED) is 0.516. The van der Waals surface area contributed by atoms with E-state index < -0.39 is 0 Å². The fourth-order valence-corrected chi connectivity index (χ4v) is 4.78. The Morgan fingerprint density at radius 1 is 1.20 bits per heavy atom. The number of aromatic nitrogens is 3. The highest BCUT2D eigenvalue weighted by atomic mass is 16.5. The van der Waals surface area contributed by atoms with Crippen LogP contribution < -0.4 is 9.64 Å². The summed E-state index contributed by atoms with van der Waals surface area (Å²) in [6.07, 6.45) is 10.6. The summed E-state index contributed by atoms with van der Waals surface area (Å²) < 4.78 is 7.54. The average Bonchev–Trinajstić information content (AvgIpc) is 3.28. The summed E-state index contributed by atoms with van der Waals surface area (Å²) in [7, 11) is 1.71. The second-order valence-electron chi connectivity index (χ2n) is 8.93. The molecular formula is C25H32N4O. The molecule has 0 aliphatic heterocycles. The van der Waals surface area contributed by atoms with Crippen molar-refractivity contribution >= 4 is 11.5 Å². The number of aryl methyl sites for hydroxylation is 2. The number of ether oxygens (including phenoxy) is 1. The van der Waals surface area contributed by atoms with Crippen molar-refractivity contribution in [2.75, 3.05) is 25.1 Å². The first kappa shape index (κ1) is 19.4. The molecule has 0 unspecified atom stereocenters. The fraction of sp³-hybridized carbons (Fsp3) is 0.520. The fourth-order valence-electron chi connectivity index (χ4n) is 4.78. The lowest BCUT2D eigenvalue weighted by molar-refractivity contribution is 0.414. The molecule has 5 heteroatoms. The highest BCUT2D eigenvalue weighted by Crippen LogP contribution is 2.38. The summed E-state index contributed by atoms with van der Waals surface area (Å²) in [5.41, 5.74) is 7.20. The molecule has 2 aliphatic carbocycles. The number of fused-ring (bicyclic) bond motifs is 2. The number of hydrogen-bond donors (Lipinski definition) is 0. The van der Waals surface area contributed by atoms with Gasteiger partial charge in [-0.15, -0.1) is 0 Å². The van der Waals surface area contributed by atoms with Gasteiger partial charge in [-0.1, -0.05) is 19.4 Å². The maximum atomic E-state index is 5.40. The molecule has 0 saturated heterocycles. The Hall–Kier alpha value is -2.56. The van der Waals surface area contributed by atoms with Crippen molar-refractivity contribution in [1.29, 1.82) is 0 Å². The van der Waals surface area contributed by atoms with E-state index >= 15 is 0 Å². The van der Waals surface area contributed by atoms with Gasteiger partial charge in [0.25, 0.3) is 0 Å². The molecule has 5 nitrogen and oxygen atoms in total. The number of rotatable bonds is 8. The summed E-state index contributed by atoms with van der Waals surface area (Å²) in [5, 5.41) is 4.89. The van der Waals surface area contributed by atoms with Crippen molar-refractivity contribution < 1.29 is 4.74 Å². The van der Waals surface area contributed by atoms with Crippen molar-refractivity contribution in [2.24, 2.45) is 5.92 Å². The SMILES string of the molecule is CCCCN(CC1CC1)c1c2c(nc3c(-c4ccc(OC)cc4C)cnn13)CCC2. The molecule has 0 spiro atoms. The van der Waals surface area contributed by atoms with Crippen LogP contribution in [0, 0.1) is 12.8 Å². The highest BCUT2D eigenvalue weighted by molar-refractivity contribution is 5.81. The maximum Gasteiger partial charge on any atom is 0.165 e. The van der Waals surface area contributed by atoms with Crippen LogP contribution in [0.25, 0.3) is 16.8 Å². The lowest BCUT2D eigenvalue weighted by Crippen LogP contribution is -2.30. The molecule has 2 aromatic heterocycles. The predicted molar refractivity (Wildman–Crippen MR) is 122 cm³/mol. The molecule has 2 aliphatic rings. The molecule has 0 atom stereocenters. The van der Waals surface area contributed by atoms with E-state index in [-0.39, 0.29) is 0 Å². The zero-order valence-electron chi connectivity index (χ0n) is 18.4. The summed E-state index contributed by atoms with van der Waals surface area (Å²) in [4.78, 5) is 7.76. The van der Waals surface area contributed by atoms with Gasteiger partial charge in [-0.3, -0.25) is 0 Å². The summed E-state index contributed by atoms with van der Waals surface area (Å²) in [6.45, 7) is 6.67. The number of methoxy groups -OCH3 is 1. The van der Waals surface area contributed by atoms with Gasteiger partial charge in [-0.2, -0.15) is 9.61 Å². The molecule has 158 valence electrons. The lowest BCUT2D eigenvalue weighted by atomic mass is 10.0. The third-order valence-corrected chi connectivity index (χ3v) is 6.62. The summed E-state index contributed by atoms with van der Waals surface area (Å²) in [6, 6.07) is 6.26. The van der Waals surface area contributed by atoms with Crippen LogP contribution in [0.3, 0.4) is 0 Å². The number of benzene rings is 1. The normalized spacial score (nSPS) is 15.6. The van der Waals surface area contributed by atoms with Gasteiger partial charge >= 0.3 is 0 Å². The zero-order valence-corrected chi connectivity index (χ0v) is 18.4. The molecule has 0 radical (unpaired) electrons. The lowest BCUT2D eigenvalue weighted by Gasteiger charge is -2.27. The molecule has 2 heterocycles. The van der Waals surface area contributed by atoms with Gasteiger partial charge in [0, 0.05) is 29.9 Å². The molecule has 1 fully saturated rings. The molecule has 30 heavy (non-hydrogen) atoms. The number of unbranched alkanes of at least 4 members (excludes halogenated alkanes) is 1. The van der Waals surface area contributed by atoms with E-state index in [1.54, 1.807) is 7.11 Å². The Kier molecular flexibility index (Phi) is 5.13. The standard InChI is InChI=1S/C25H32N4O/c1-4-5-13-28(16-18-9-10-18)25-21-7-6-8-23(21)27-24-22(15-26-29(24)25)20-12-11-19(30-3)14-17(20)2/h11-12,14-15,18H,4-10,13,16H2,1-3H3. The number of hydrogen-bond acceptors (Lipinski definition) is 4. The van der Waals surface area contributed by atoms with Crippen LogP contribution in [0.5, 0.6) is 5.75 Å². The van der Waals surface area contributed by atoms with Gasteiger partial charge in [-0.05, 0) is 74.6 Å². The van der Waals surface area contributed by atoms with Crippen LogP contribution in [0.1, 0.15) is 55.8 Å². The van der Waals surface area contributed by atoms with Crippen LogP contribution in [0.15, 0.2) is 24.4 Å². The van der Waals surface area contributed by atoms with Gasteiger partial charge in [0.2, 0.25) is 0 Å².